The fourth-order valence-electron chi connectivity index (χ4n) is 4.96. The van der Waals surface area contributed by atoms with Gasteiger partial charge in [0.25, 0.3) is 0 Å². The molecule has 1 saturated carbocycles. The highest BCUT2D eigenvalue weighted by molar-refractivity contribution is 5.91. The zero-order chi connectivity index (χ0) is 24.9. The summed E-state index contributed by atoms with van der Waals surface area (Å²) in [4.78, 5) is 24.3. The lowest BCUT2D eigenvalue weighted by Crippen LogP contribution is -2.14. The first-order valence-electron chi connectivity index (χ1n) is 13.7. The first-order chi connectivity index (χ1) is 17.1. The Morgan fingerprint density at radius 1 is 0.714 bits per heavy atom. The summed E-state index contributed by atoms with van der Waals surface area (Å²) < 4.78 is 10.8. The highest BCUT2D eigenvalue weighted by atomic mass is 16.5. The van der Waals surface area contributed by atoms with Crippen LogP contribution in [0.1, 0.15) is 119 Å². The average Bonchev–Trinajstić information content (AvgIpc) is 2.89. The van der Waals surface area contributed by atoms with Crippen LogP contribution in [0, 0.1) is 5.92 Å². The van der Waals surface area contributed by atoms with Crippen LogP contribution in [-0.2, 0) is 4.79 Å². The molecule has 4 nitrogen and oxygen atoms in total. The minimum Gasteiger partial charge on any atom is -0.427 e. The topological polar surface area (TPSA) is 52.6 Å². The van der Waals surface area contributed by atoms with Crippen LogP contribution in [0.3, 0.4) is 0 Å². The van der Waals surface area contributed by atoms with Crippen LogP contribution >= 0.6 is 0 Å². The molecule has 2 aromatic carbocycles. The third-order valence-electron chi connectivity index (χ3n) is 7.18. The molecule has 1 aliphatic carbocycles. The highest BCUT2D eigenvalue weighted by Gasteiger charge is 2.22. The molecule has 0 atom stereocenters. The molecule has 0 radical (unpaired) electrons. The van der Waals surface area contributed by atoms with Gasteiger partial charge in [0.15, 0.2) is 0 Å². The molecule has 0 heterocycles. The molecule has 2 aromatic rings. The molecule has 0 amide bonds. The molecule has 0 N–H and O–H groups in total. The second-order valence-electron chi connectivity index (χ2n) is 9.98. The van der Waals surface area contributed by atoms with Crippen molar-refractivity contribution in [1.29, 1.82) is 0 Å². The van der Waals surface area contributed by atoms with E-state index in [1.54, 1.807) is 24.3 Å². The van der Waals surface area contributed by atoms with Gasteiger partial charge in [0.05, 0.1) is 5.56 Å². The molecule has 0 spiro atoms. The van der Waals surface area contributed by atoms with Gasteiger partial charge < -0.3 is 9.47 Å². The summed E-state index contributed by atoms with van der Waals surface area (Å²) in [5.74, 6) is 1.77. The van der Waals surface area contributed by atoms with E-state index in [9.17, 15) is 9.59 Å². The van der Waals surface area contributed by atoms with Gasteiger partial charge in [-0.05, 0) is 85.9 Å². The lowest BCUT2D eigenvalue weighted by Gasteiger charge is -2.29. The maximum absolute atomic E-state index is 12.6. The van der Waals surface area contributed by atoms with Crippen LogP contribution in [-0.4, -0.2) is 11.9 Å². The monoisotopic (exact) mass is 478 g/mol. The number of unbranched alkanes of at least 4 members (excludes halogenated alkanes) is 5. The van der Waals surface area contributed by atoms with E-state index in [0.29, 0.717) is 29.4 Å². The molecule has 35 heavy (non-hydrogen) atoms. The third-order valence-corrected chi connectivity index (χ3v) is 7.18. The van der Waals surface area contributed by atoms with Gasteiger partial charge in [-0.3, -0.25) is 4.79 Å². The van der Waals surface area contributed by atoms with E-state index in [1.165, 1.54) is 69.8 Å². The first-order valence-corrected chi connectivity index (χ1v) is 13.7. The van der Waals surface area contributed by atoms with Crippen molar-refractivity contribution < 1.29 is 19.1 Å². The summed E-state index contributed by atoms with van der Waals surface area (Å²) in [5.41, 5.74) is 1.88. The van der Waals surface area contributed by atoms with E-state index in [4.69, 9.17) is 9.47 Å². The number of esters is 2. The zero-order valence-electron chi connectivity index (χ0n) is 21.6. The van der Waals surface area contributed by atoms with Gasteiger partial charge in [-0.2, -0.15) is 0 Å². The van der Waals surface area contributed by atoms with Gasteiger partial charge in [0.1, 0.15) is 11.5 Å². The number of carbonyl (C=O) groups is 2. The lowest BCUT2D eigenvalue weighted by molar-refractivity contribution is -0.134. The quantitative estimate of drug-likeness (QED) is 0.164. The maximum atomic E-state index is 12.6. The fraction of sp³-hybridized carbons (Fsp3) is 0.548. The number of hydrogen-bond acceptors (Lipinski definition) is 4. The van der Waals surface area contributed by atoms with Crippen LogP contribution < -0.4 is 9.47 Å². The molecule has 0 unspecified atom stereocenters. The Morgan fingerprint density at radius 2 is 1.31 bits per heavy atom. The number of hydrogen-bond donors (Lipinski definition) is 0. The SMILES string of the molecule is CCCCCCCC1CCC(c2ccc(C(=O)Oc3ccc(OC(=O)CCCC)cc3)cc2)CC1. The second kappa shape index (κ2) is 14.7. The summed E-state index contributed by atoms with van der Waals surface area (Å²) in [5, 5.41) is 0. The molecular formula is C31H42O4. The average molecular weight is 479 g/mol. The van der Waals surface area contributed by atoms with Gasteiger partial charge in [-0.15, -0.1) is 0 Å². The Labute approximate surface area is 211 Å². The maximum Gasteiger partial charge on any atom is 0.343 e. The molecule has 1 aliphatic rings. The van der Waals surface area contributed by atoms with Gasteiger partial charge in [0.2, 0.25) is 0 Å². The Morgan fingerprint density at radius 3 is 1.94 bits per heavy atom. The minimum absolute atomic E-state index is 0.243. The summed E-state index contributed by atoms with van der Waals surface area (Å²) >= 11 is 0. The molecular weight excluding hydrogens is 436 g/mol. The van der Waals surface area contributed by atoms with Crippen molar-refractivity contribution in [3.8, 4) is 11.5 Å². The van der Waals surface area contributed by atoms with Gasteiger partial charge >= 0.3 is 11.9 Å². The van der Waals surface area contributed by atoms with Crippen molar-refractivity contribution in [3.63, 3.8) is 0 Å². The molecule has 0 aliphatic heterocycles. The molecule has 3 rings (SSSR count). The molecule has 190 valence electrons. The van der Waals surface area contributed by atoms with Crippen LogP contribution in [0.2, 0.25) is 0 Å². The molecule has 1 fully saturated rings. The molecule has 0 saturated heterocycles. The predicted molar refractivity (Wildman–Crippen MR) is 141 cm³/mol. The van der Waals surface area contributed by atoms with Crippen molar-refractivity contribution in [1.82, 2.24) is 0 Å². The smallest absolute Gasteiger partial charge is 0.343 e. The van der Waals surface area contributed by atoms with E-state index < -0.39 is 0 Å². The van der Waals surface area contributed by atoms with E-state index in [-0.39, 0.29) is 11.9 Å². The number of ether oxygens (including phenoxy) is 2. The second-order valence-corrected chi connectivity index (χ2v) is 9.98. The number of rotatable bonds is 13. The molecule has 0 aromatic heterocycles. The Kier molecular flexibility index (Phi) is 11.3. The standard InChI is InChI=1S/C31H42O4/c1-3-5-7-8-9-10-24-12-14-25(15-13-24)26-16-18-27(19-17-26)31(33)35-29-22-20-28(21-23-29)34-30(32)11-6-4-2/h16-25H,3-15H2,1-2H3. The van der Waals surface area contributed by atoms with E-state index in [0.717, 1.165) is 18.8 Å². The van der Waals surface area contributed by atoms with Crippen molar-refractivity contribution in [3.05, 3.63) is 59.7 Å². The van der Waals surface area contributed by atoms with E-state index in [1.807, 2.05) is 19.1 Å². The molecule has 0 bridgehead atoms. The lowest BCUT2D eigenvalue weighted by atomic mass is 9.77. The third kappa shape index (κ3) is 9.16. The normalized spacial score (nSPS) is 17.7. The minimum atomic E-state index is -0.379. The number of carbonyl (C=O) groups excluding carboxylic acids is 2. The van der Waals surface area contributed by atoms with Crippen LogP contribution in [0.25, 0.3) is 0 Å². The van der Waals surface area contributed by atoms with Crippen molar-refractivity contribution in [2.45, 2.75) is 103 Å². The Balaban J connectivity index is 1.42. The Bertz CT molecular complexity index is 893. The van der Waals surface area contributed by atoms with Crippen molar-refractivity contribution in [2.24, 2.45) is 5.92 Å². The van der Waals surface area contributed by atoms with Gasteiger partial charge in [0, 0.05) is 6.42 Å². The van der Waals surface area contributed by atoms with Crippen molar-refractivity contribution in [2.75, 3.05) is 0 Å². The zero-order valence-corrected chi connectivity index (χ0v) is 21.6. The van der Waals surface area contributed by atoms with Crippen LogP contribution in [0.4, 0.5) is 0 Å². The van der Waals surface area contributed by atoms with Crippen molar-refractivity contribution >= 4 is 11.9 Å². The summed E-state index contributed by atoms with van der Waals surface area (Å²) in [6.45, 7) is 4.30. The first kappa shape index (κ1) is 27.0. The van der Waals surface area contributed by atoms with Gasteiger partial charge in [-0.25, -0.2) is 4.79 Å². The summed E-state index contributed by atoms with van der Waals surface area (Å²) in [6.07, 6.45) is 15.6. The van der Waals surface area contributed by atoms with Crippen LogP contribution in [0.15, 0.2) is 48.5 Å². The van der Waals surface area contributed by atoms with Gasteiger partial charge in [-0.1, -0.05) is 70.9 Å². The van der Waals surface area contributed by atoms with E-state index >= 15 is 0 Å². The largest absolute Gasteiger partial charge is 0.427 e. The van der Waals surface area contributed by atoms with Crippen LogP contribution in [0.5, 0.6) is 11.5 Å². The summed E-state index contributed by atoms with van der Waals surface area (Å²) in [6, 6.07) is 14.5. The Hall–Kier alpha value is -2.62. The highest BCUT2D eigenvalue weighted by Crippen LogP contribution is 2.38. The fourth-order valence-corrected chi connectivity index (χ4v) is 4.96. The predicted octanol–water partition coefficient (Wildman–Crippen LogP) is 8.64. The summed E-state index contributed by atoms with van der Waals surface area (Å²) in [7, 11) is 0. The number of benzene rings is 2. The molecule has 4 heteroatoms. The van der Waals surface area contributed by atoms with E-state index in [2.05, 4.69) is 19.1 Å².